The topological polar surface area (TPSA) is 50.8 Å². The Kier molecular flexibility index (Phi) is 3.49. The van der Waals surface area contributed by atoms with Crippen molar-refractivity contribution in [2.45, 2.75) is 18.9 Å². The van der Waals surface area contributed by atoms with Gasteiger partial charge in [0.15, 0.2) is 0 Å². The minimum Gasteiger partial charge on any atom is -0.447 e. The summed E-state index contributed by atoms with van der Waals surface area (Å²) in [6.45, 7) is 2.78. The molecule has 2 rings (SSSR count). The van der Waals surface area contributed by atoms with Crippen molar-refractivity contribution >= 4 is 18.2 Å². The van der Waals surface area contributed by atoms with Crippen LogP contribution in [0, 0.1) is 0 Å². The van der Waals surface area contributed by atoms with Gasteiger partial charge in [-0.25, -0.2) is 13.8 Å². The molecule has 0 aromatic carbocycles. The predicted molar refractivity (Wildman–Crippen MR) is 52.6 cm³/mol. The lowest BCUT2D eigenvalue weighted by atomic mass is 10.1. The van der Waals surface area contributed by atoms with Crippen molar-refractivity contribution in [3.63, 3.8) is 0 Å². The van der Waals surface area contributed by atoms with E-state index < -0.39 is 0 Å². The molecular formula is C8H14N2O3S. The van der Waals surface area contributed by atoms with Gasteiger partial charge in [0.1, 0.15) is 6.61 Å². The fraction of sp³-hybridized carbons (Fsp3) is 0.875. The average Bonchev–Trinajstić information content (AvgIpc) is 2.63. The number of cyclic esters (lactones) is 1. The standard InChI is InChI=1S/C8H14N2O3S/c11-8-10(3-6-13-8)14-9-7-1-4-12-5-2-7/h7,9H,1-6H2. The number of carbonyl (C=O) groups is 1. The Labute approximate surface area is 87.4 Å². The summed E-state index contributed by atoms with van der Waals surface area (Å²) in [5, 5.41) is 0. The van der Waals surface area contributed by atoms with Gasteiger partial charge in [0.05, 0.1) is 6.54 Å². The summed E-state index contributed by atoms with van der Waals surface area (Å²) in [4.78, 5) is 11.1. The Hall–Kier alpha value is -0.460. The van der Waals surface area contributed by atoms with E-state index in [1.165, 1.54) is 12.1 Å². The van der Waals surface area contributed by atoms with Crippen molar-refractivity contribution in [3.8, 4) is 0 Å². The van der Waals surface area contributed by atoms with Crippen LogP contribution >= 0.6 is 12.1 Å². The number of hydrogen-bond acceptors (Lipinski definition) is 5. The van der Waals surface area contributed by atoms with Gasteiger partial charge >= 0.3 is 6.09 Å². The fourth-order valence-electron chi connectivity index (χ4n) is 1.42. The Morgan fingerprint density at radius 1 is 1.36 bits per heavy atom. The number of nitrogens with zero attached hydrogens (tertiary/aromatic N) is 1. The molecule has 0 spiro atoms. The summed E-state index contributed by atoms with van der Waals surface area (Å²) in [5.41, 5.74) is 0. The minimum absolute atomic E-state index is 0.241. The molecule has 0 aromatic rings. The van der Waals surface area contributed by atoms with Gasteiger partial charge in [0.25, 0.3) is 0 Å². The first kappa shape index (κ1) is 10.1. The molecule has 0 unspecified atom stereocenters. The van der Waals surface area contributed by atoms with Gasteiger partial charge in [-0.15, -0.1) is 0 Å². The maximum Gasteiger partial charge on any atom is 0.421 e. The molecule has 80 valence electrons. The molecule has 1 amide bonds. The lowest BCUT2D eigenvalue weighted by Crippen LogP contribution is -2.33. The van der Waals surface area contributed by atoms with Crippen LogP contribution in [0.2, 0.25) is 0 Å². The Balaban J connectivity index is 1.68. The molecule has 0 aliphatic carbocycles. The van der Waals surface area contributed by atoms with Crippen LogP contribution < -0.4 is 4.72 Å². The number of amides is 1. The number of rotatable bonds is 3. The molecule has 2 fully saturated rings. The zero-order chi connectivity index (χ0) is 9.80. The van der Waals surface area contributed by atoms with Crippen LogP contribution in [0.1, 0.15) is 12.8 Å². The molecule has 1 N–H and O–H groups in total. The third-order valence-electron chi connectivity index (χ3n) is 2.27. The van der Waals surface area contributed by atoms with Gasteiger partial charge in [-0.2, -0.15) is 0 Å². The summed E-state index contributed by atoms with van der Waals surface area (Å²) in [6, 6.07) is 0.446. The second-order valence-corrected chi connectivity index (χ2v) is 4.17. The molecule has 2 aliphatic heterocycles. The fourth-order valence-corrected chi connectivity index (χ4v) is 2.22. The van der Waals surface area contributed by atoms with E-state index in [-0.39, 0.29) is 6.09 Å². The average molecular weight is 218 g/mol. The van der Waals surface area contributed by atoms with Crippen LogP contribution in [0.3, 0.4) is 0 Å². The quantitative estimate of drug-likeness (QED) is 0.709. The van der Waals surface area contributed by atoms with E-state index in [4.69, 9.17) is 9.47 Å². The van der Waals surface area contributed by atoms with E-state index in [2.05, 4.69) is 4.72 Å². The Morgan fingerprint density at radius 3 is 2.79 bits per heavy atom. The summed E-state index contributed by atoms with van der Waals surface area (Å²) in [5.74, 6) is 0. The van der Waals surface area contributed by atoms with Crippen LogP contribution in [-0.2, 0) is 9.47 Å². The van der Waals surface area contributed by atoms with Gasteiger partial charge in [-0.1, -0.05) is 0 Å². The second-order valence-electron chi connectivity index (χ2n) is 3.31. The highest BCUT2D eigenvalue weighted by atomic mass is 32.2. The summed E-state index contributed by atoms with van der Waals surface area (Å²) >= 11 is 1.35. The van der Waals surface area contributed by atoms with E-state index in [1.54, 1.807) is 4.31 Å². The number of carbonyl (C=O) groups excluding carboxylic acids is 1. The highest BCUT2D eigenvalue weighted by molar-refractivity contribution is 7.95. The lowest BCUT2D eigenvalue weighted by Gasteiger charge is -2.23. The highest BCUT2D eigenvalue weighted by Gasteiger charge is 2.24. The van der Waals surface area contributed by atoms with Crippen LogP contribution in [0.15, 0.2) is 0 Å². The lowest BCUT2D eigenvalue weighted by molar-refractivity contribution is 0.0836. The van der Waals surface area contributed by atoms with E-state index in [0.717, 1.165) is 26.1 Å². The van der Waals surface area contributed by atoms with Crippen LogP contribution in [0.4, 0.5) is 4.79 Å². The van der Waals surface area contributed by atoms with Crippen LogP contribution in [0.25, 0.3) is 0 Å². The molecule has 2 heterocycles. The van der Waals surface area contributed by atoms with Gasteiger partial charge < -0.3 is 9.47 Å². The van der Waals surface area contributed by atoms with Gasteiger partial charge in [0, 0.05) is 31.4 Å². The van der Waals surface area contributed by atoms with Crippen molar-refractivity contribution in [3.05, 3.63) is 0 Å². The molecule has 2 aliphatic rings. The summed E-state index contributed by atoms with van der Waals surface area (Å²) in [6.07, 6.45) is 1.78. The maximum atomic E-state index is 11.1. The highest BCUT2D eigenvalue weighted by Crippen LogP contribution is 2.16. The zero-order valence-corrected chi connectivity index (χ0v) is 8.72. The molecule has 0 bridgehead atoms. The largest absolute Gasteiger partial charge is 0.447 e. The summed E-state index contributed by atoms with van der Waals surface area (Å²) in [7, 11) is 0. The third kappa shape index (κ3) is 2.52. The molecule has 0 aromatic heterocycles. The maximum absolute atomic E-state index is 11.1. The molecule has 0 atom stereocenters. The first-order valence-electron chi connectivity index (χ1n) is 4.81. The van der Waals surface area contributed by atoms with E-state index in [0.29, 0.717) is 19.2 Å². The molecule has 14 heavy (non-hydrogen) atoms. The molecule has 2 saturated heterocycles. The van der Waals surface area contributed by atoms with Crippen molar-refractivity contribution in [2.24, 2.45) is 0 Å². The molecule has 5 nitrogen and oxygen atoms in total. The van der Waals surface area contributed by atoms with Crippen LogP contribution in [0.5, 0.6) is 0 Å². The van der Waals surface area contributed by atoms with Crippen molar-refractivity contribution in [1.82, 2.24) is 9.03 Å². The smallest absolute Gasteiger partial charge is 0.421 e. The molecule has 0 saturated carbocycles. The minimum atomic E-state index is -0.241. The molecule has 0 radical (unpaired) electrons. The van der Waals surface area contributed by atoms with E-state index in [9.17, 15) is 4.79 Å². The van der Waals surface area contributed by atoms with Crippen molar-refractivity contribution in [2.75, 3.05) is 26.4 Å². The van der Waals surface area contributed by atoms with Gasteiger partial charge in [-0.3, -0.25) is 0 Å². The van der Waals surface area contributed by atoms with Gasteiger partial charge in [-0.05, 0) is 12.8 Å². The second kappa shape index (κ2) is 4.86. The Morgan fingerprint density at radius 2 is 2.14 bits per heavy atom. The van der Waals surface area contributed by atoms with Crippen LogP contribution in [-0.4, -0.2) is 42.8 Å². The number of ether oxygens (including phenoxy) is 2. The first-order chi connectivity index (χ1) is 6.86. The third-order valence-corrected chi connectivity index (χ3v) is 3.27. The Bertz CT molecular complexity index is 209. The van der Waals surface area contributed by atoms with Crippen molar-refractivity contribution < 1.29 is 14.3 Å². The van der Waals surface area contributed by atoms with Crippen molar-refractivity contribution in [1.29, 1.82) is 0 Å². The predicted octanol–water partition coefficient (Wildman–Crippen LogP) is 0.770. The number of nitrogens with one attached hydrogen (secondary N) is 1. The molecular weight excluding hydrogens is 204 g/mol. The summed E-state index contributed by atoms with van der Waals surface area (Å²) < 4.78 is 14.9. The van der Waals surface area contributed by atoms with E-state index >= 15 is 0 Å². The monoisotopic (exact) mass is 218 g/mol. The molecule has 6 heteroatoms. The van der Waals surface area contributed by atoms with Gasteiger partial charge in [0.2, 0.25) is 0 Å². The SMILES string of the molecule is O=C1OCCN1SNC1CCOCC1. The normalized spacial score (nSPS) is 24.0. The first-order valence-corrected chi connectivity index (χ1v) is 5.58. The zero-order valence-electron chi connectivity index (χ0n) is 7.90. The number of hydrogen-bond donors (Lipinski definition) is 1. The van der Waals surface area contributed by atoms with E-state index in [1.807, 2.05) is 0 Å².